The largest absolute Gasteiger partial charge is 0.390 e. The van der Waals surface area contributed by atoms with E-state index in [4.69, 9.17) is 0 Å². The smallest absolute Gasteiger partial charge is 0.133 e. The molecule has 1 N–H and O–H groups in total. The Morgan fingerprint density at radius 1 is 1.04 bits per heavy atom. The van der Waals surface area contributed by atoms with Crippen LogP contribution in [0.4, 0.5) is 0 Å². The monoisotopic (exact) mass is 360 g/mol. The van der Waals surface area contributed by atoms with Crippen molar-refractivity contribution in [2.75, 3.05) is 0 Å². The lowest BCUT2D eigenvalue weighted by Gasteiger charge is -2.55. The first-order valence-corrected chi connectivity index (χ1v) is 11.5. The van der Waals surface area contributed by atoms with E-state index < -0.39 is 5.60 Å². The normalized spacial score (nSPS) is 45.8. The molecule has 2 nitrogen and oxygen atoms in total. The Bertz CT molecular complexity index is 533. The molecule has 2 heteroatoms. The minimum atomic E-state index is -0.507. The number of carbonyl (C=O) groups excluding carboxylic acids is 1. The van der Waals surface area contributed by atoms with Crippen LogP contribution in [0.25, 0.3) is 0 Å². The molecule has 0 aliphatic heterocycles. The van der Waals surface area contributed by atoms with Gasteiger partial charge >= 0.3 is 0 Å². The third kappa shape index (κ3) is 3.40. The highest BCUT2D eigenvalue weighted by molar-refractivity contribution is 5.79. The van der Waals surface area contributed by atoms with Gasteiger partial charge in [-0.25, -0.2) is 0 Å². The van der Waals surface area contributed by atoms with E-state index in [1.807, 2.05) is 13.8 Å². The van der Waals surface area contributed by atoms with E-state index >= 15 is 0 Å². The molecule has 148 valence electrons. The molecule has 0 amide bonds. The van der Waals surface area contributed by atoms with Gasteiger partial charge in [0.25, 0.3) is 0 Å². The van der Waals surface area contributed by atoms with Crippen LogP contribution in [-0.4, -0.2) is 16.5 Å². The number of Topliss-reactive ketones (excluding diaryl/α,β-unsaturated/α-hetero) is 1. The molecule has 0 saturated heterocycles. The van der Waals surface area contributed by atoms with Gasteiger partial charge < -0.3 is 5.11 Å². The van der Waals surface area contributed by atoms with E-state index in [1.165, 1.54) is 57.8 Å². The zero-order valence-corrected chi connectivity index (χ0v) is 17.3. The van der Waals surface area contributed by atoms with Crippen molar-refractivity contribution in [2.24, 2.45) is 40.9 Å². The van der Waals surface area contributed by atoms with Gasteiger partial charge in [-0.15, -0.1) is 0 Å². The summed E-state index contributed by atoms with van der Waals surface area (Å²) < 4.78 is 0. The second kappa shape index (κ2) is 6.90. The number of carbonyl (C=O) groups is 1. The summed E-state index contributed by atoms with van der Waals surface area (Å²) in [6, 6.07) is 0. The molecule has 0 aromatic heterocycles. The molecule has 26 heavy (non-hydrogen) atoms. The van der Waals surface area contributed by atoms with Crippen molar-refractivity contribution in [2.45, 2.75) is 103 Å². The predicted molar refractivity (Wildman–Crippen MR) is 106 cm³/mol. The van der Waals surface area contributed by atoms with Crippen LogP contribution in [0.15, 0.2) is 0 Å². The van der Waals surface area contributed by atoms with Gasteiger partial charge in [0, 0.05) is 12.8 Å². The van der Waals surface area contributed by atoms with Crippen molar-refractivity contribution in [3.05, 3.63) is 0 Å². The van der Waals surface area contributed by atoms with Crippen LogP contribution in [-0.2, 0) is 4.79 Å². The SMILES string of the molecule is CC(C)(O)CCCC1CCC2C3CCC4CC(=O)CCC4C3CCC12C. The van der Waals surface area contributed by atoms with E-state index in [0.29, 0.717) is 11.2 Å². The zero-order valence-electron chi connectivity index (χ0n) is 17.3. The number of ketones is 1. The molecule has 4 saturated carbocycles. The summed E-state index contributed by atoms with van der Waals surface area (Å²) in [5.74, 6) is 5.82. The molecule has 0 bridgehead atoms. The number of hydrogen-bond donors (Lipinski definition) is 1. The Kier molecular flexibility index (Phi) is 5.04. The molecule has 0 radical (unpaired) electrons. The van der Waals surface area contributed by atoms with Crippen LogP contribution in [0.5, 0.6) is 0 Å². The Morgan fingerprint density at radius 3 is 2.62 bits per heavy atom. The second-order valence-electron chi connectivity index (χ2n) is 11.2. The standard InChI is InChI=1S/C24H40O2/c1-23(2,26)13-4-5-17-7-11-22-21-9-6-16-15-18(25)8-10-19(16)20(21)12-14-24(17,22)3/h16-17,19-22,26H,4-15H2,1-3H3. The summed E-state index contributed by atoms with van der Waals surface area (Å²) in [5, 5.41) is 10.0. The van der Waals surface area contributed by atoms with Gasteiger partial charge in [0.1, 0.15) is 5.78 Å². The molecule has 4 fully saturated rings. The van der Waals surface area contributed by atoms with Gasteiger partial charge in [0.05, 0.1) is 5.60 Å². The van der Waals surface area contributed by atoms with Crippen molar-refractivity contribution in [1.82, 2.24) is 0 Å². The molecule has 4 rings (SSSR count). The van der Waals surface area contributed by atoms with Gasteiger partial charge in [-0.05, 0) is 113 Å². The number of hydrogen-bond acceptors (Lipinski definition) is 2. The zero-order chi connectivity index (χ0) is 18.5. The first-order chi connectivity index (χ1) is 12.3. The van der Waals surface area contributed by atoms with E-state index in [-0.39, 0.29) is 0 Å². The van der Waals surface area contributed by atoms with E-state index in [0.717, 1.165) is 54.8 Å². The van der Waals surface area contributed by atoms with Gasteiger partial charge in [-0.2, -0.15) is 0 Å². The molecule has 0 aromatic carbocycles. The van der Waals surface area contributed by atoms with Gasteiger partial charge in [0.15, 0.2) is 0 Å². The average Bonchev–Trinajstić information content (AvgIpc) is 2.90. The number of aliphatic hydroxyl groups is 1. The van der Waals surface area contributed by atoms with Crippen LogP contribution in [0.2, 0.25) is 0 Å². The summed E-state index contributed by atoms with van der Waals surface area (Å²) in [6.45, 7) is 6.52. The van der Waals surface area contributed by atoms with Crippen molar-refractivity contribution in [3.63, 3.8) is 0 Å². The molecule has 7 unspecified atom stereocenters. The molecule has 0 aromatic rings. The summed E-state index contributed by atoms with van der Waals surface area (Å²) in [6.07, 6.45) is 14.8. The molecule has 7 atom stereocenters. The lowest BCUT2D eigenvalue weighted by atomic mass is 9.49. The summed E-state index contributed by atoms with van der Waals surface area (Å²) in [7, 11) is 0. The Morgan fingerprint density at radius 2 is 1.85 bits per heavy atom. The van der Waals surface area contributed by atoms with Crippen LogP contribution >= 0.6 is 0 Å². The van der Waals surface area contributed by atoms with E-state index in [9.17, 15) is 9.90 Å². The quantitative estimate of drug-likeness (QED) is 0.691. The molecule has 0 heterocycles. The molecular formula is C24H40O2. The topological polar surface area (TPSA) is 37.3 Å². The minimum absolute atomic E-state index is 0.507. The van der Waals surface area contributed by atoms with Crippen LogP contribution in [0.3, 0.4) is 0 Å². The van der Waals surface area contributed by atoms with Gasteiger partial charge in [-0.3, -0.25) is 4.79 Å². The predicted octanol–water partition coefficient (Wildman–Crippen LogP) is 5.77. The van der Waals surface area contributed by atoms with Crippen molar-refractivity contribution < 1.29 is 9.90 Å². The number of rotatable bonds is 4. The third-order valence-electron chi connectivity index (χ3n) is 9.30. The van der Waals surface area contributed by atoms with E-state index in [1.54, 1.807) is 0 Å². The highest BCUT2D eigenvalue weighted by atomic mass is 16.3. The minimum Gasteiger partial charge on any atom is -0.390 e. The van der Waals surface area contributed by atoms with Gasteiger partial charge in [0.2, 0.25) is 0 Å². The van der Waals surface area contributed by atoms with Crippen LogP contribution in [0, 0.1) is 40.9 Å². The highest BCUT2D eigenvalue weighted by Crippen LogP contribution is 2.64. The highest BCUT2D eigenvalue weighted by Gasteiger charge is 2.56. The molecular weight excluding hydrogens is 320 g/mol. The molecule has 0 spiro atoms. The lowest BCUT2D eigenvalue weighted by molar-refractivity contribution is -0.127. The maximum absolute atomic E-state index is 11.9. The van der Waals surface area contributed by atoms with Crippen LogP contribution in [0.1, 0.15) is 97.8 Å². The third-order valence-corrected chi connectivity index (χ3v) is 9.30. The summed E-state index contributed by atoms with van der Waals surface area (Å²) in [4.78, 5) is 11.9. The van der Waals surface area contributed by atoms with Crippen LogP contribution < -0.4 is 0 Å². The fraction of sp³-hybridized carbons (Fsp3) is 0.958. The Hall–Kier alpha value is -0.370. The average molecular weight is 361 g/mol. The van der Waals surface area contributed by atoms with Crippen molar-refractivity contribution in [1.29, 1.82) is 0 Å². The summed E-state index contributed by atoms with van der Waals surface area (Å²) in [5.41, 5.74) is 0.0471. The lowest BCUT2D eigenvalue weighted by Crippen LogP contribution is -2.48. The van der Waals surface area contributed by atoms with E-state index in [2.05, 4.69) is 6.92 Å². The van der Waals surface area contributed by atoms with Crippen molar-refractivity contribution in [3.8, 4) is 0 Å². The Balaban J connectivity index is 1.42. The maximum atomic E-state index is 11.9. The maximum Gasteiger partial charge on any atom is 0.133 e. The Labute approximate surface area is 160 Å². The number of fused-ring (bicyclic) bond motifs is 5. The fourth-order valence-corrected chi connectivity index (χ4v) is 8.02. The van der Waals surface area contributed by atoms with Gasteiger partial charge in [-0.1, -0.05) is 13.3 Å². The van der Waals surface area contributed by atoms with Crippen molar-refractivity contribution >= 4 is 5.78 Å². The summed E-state index contributed by atoms with van der Waals surface area (Å²) >= 11 is 0. The first kappa shape index (κ1) is 19.0. The second-order valence-corrected chi connectivity index (χ2v) is 11.2. The molecule has 4 aliphatic rings. The first-order valence-electron chi connectivity index (χ1n) is 11.5. The fourth-order valence-electron chi connectivity index (χ4n) is 8.02. The molecule has 4 aliphatic carbocycles.